The van der Waals surface area contributed by atoms with Gasteiger partial charge in [-0.2, -0.15) is 0 Å². The fourth-order valence-corrected chi connectivity index (χ4v) is 3.46. The topological polar surface area (TPSA) is 74.7 Å². The van der Waals surface area contributed by atoms with E-state index in [0.717, 1.165) is 48.8 Å². The van der Waals surface area contributed by atoms with Crippen LogP contribution in [0.1, 0.15) is 15.9 Å². The Labute approximate surface area is 176 Å². The first-order valence-corrected chi connectivity index (χ1v) is 10.1. The number of phenols is 1. The van der Waals surface area contributed by atoms with Crippen molar-refractivity contribution < 1.29 is 14.6 Å². The summed E-state index contributed by atoms with van der Waals surface area (Å²) >= 11 is 0. The van der Waals surface area contributed by atoms with E-state index in [4.69, 9.17) is 4.74 Å². The second-order valence-electron chi connectivity index (χ2n) is 7.26. The summed E-state index contributed by atoms with van der Waals surface area (Å²) in [4.78, 5) is 19.4. The molecule has 2 aromatic carbocycles. The van der Waals surface area contributed by atoms with Gasteiger partial charge in [0.15, 0.2) is 0 Å². The molecule has 1 saturated heterocycles. The van der Waals surface area contributed by atoms with Crippen molar-refractivity contribution in [1.29, 1.82) is 0 Å². The number of benzene rings is 2. The van der Waals surface area contributed by atoms with Crippen LogP contribution in [0, 0.1) is 0 Å². The average Bonchev–Trinajstić information content (AvgIpc) is 2.81. The van der Waals surface area contributed by atoms with Crippen molar-refractivity contribution in [2.75, 3.05) is 37.7 Å². The first-order valence-electron chi connectivity index (χ1n) is 10.1. The van der Waals surface area contributed by atoms with E-state index in [1.807, 2.05) is 54.7 Å². The summed E-state index contributed by atoms with van der Waals surface area (Å²) in [5.41, 5.74) is 3.62. The number of phenolic OH excluding ortho intramolecular Hbond substituents is 1. The van der Waals surface area contributed by atoms with Crippen molar-refractivity contribution in [2.24, 2.45) is 0 Å². The number of carbonyl (C=O) groups excluding carboxylic acids is 1. The predicted molar refractivity (Wildman–Crippen MR) is 117 cm³/mol. The summed E-state index contributed by atoms with van der Waals surface area (Å²) in [5, 5.41) is 12.3. The monoisotopic (exact) mass is 403 g/mol. The van der Waals surface area contributed by atoms with Gasteiger partial charge in [-0.05, 0) is 53.9 Å². The number of aromatic hydroxyl groups is 1. The van der Waals surface area contributed by atoms with Crippen LogP contribution in [-0.4, -0.2) is 48.8 Å². The quantitative estimate of drug-likeness (QED) is 0.661. The van der Waals surface area contributed by atoms with Crippen molar-refractivity contribution >= 4 is 11.7 Å². The van der Waals surface area contributed by atoms with E-state index in [2.05, 4.69) is 15.2 Å². The highest BCUT2D eigenvalue weighted by atomic mass is 16.5. The third kappa shape index (κ3) is 4.96. The predicted octanol–water partition coefficient (Wildman–Crippen LogP) is 3.26. The number of morpholine rings is 1. The summed E-state index contributed by atoms with van der Waals surface area (Å²) in [7, 11) is 0. The largest absolute Gasteiger partial charge is 0.508 e. The molecule has 0 radical (unpaired) electrons. The van der Waals surface area contributed by atoms with Gasteiger partial charge in [-0.1, -0.05) is 24.3 Å². The Kier molecular flexibility index (Phi) is 6.25. The summed E-state index contributed by atoms with van der Waals surface area (Å²) in [6.07, 6.45) is 2.56. The smallest absolute Gasteiger partial charge is 0.251 e. The highest BCUT2D eigenvalue weighted by Crippen LogP contribution is 2.22. The molecule has 1 amide bonds. The van der Waals surface area contributed by atoms with Gasteiger partial charge in [0, 0.05) is 37.0 Å². The van der Waals surface area contributed by atoms with Gasteiger partial charge in [-0.3, -0.25) is 4.79 Å². The molecule has 0 atom stereocenters. The molecule has 0 unspecified atom stereocenters. The number of hydrogen-bond acceptors (Lipinski definition) is 5. The van der Waals surface area contributed by atoms with E-state index in [0.29, 0.717) is 18.5 Å². The molecule has 154 valence electrons. The molecule has 1 aromatic heterocycles. The molecule has 0 saturated carbocycles. The molecule has 30 heavy (non-hydrogen) atoms. The second kappa shape index (κ2) is 9.41. The van der Waals surface area contributed by atoms with Crippen molar-refractivity contribution in [2.45, 2.75) is 6.42 Å². The maximum absolute atomic E-state index is 12.5. The van der Waals surface area contributed by atoms with E-state index in [9.17, 15) is 9.90 Å². The van der Waals surface area contributed by atoms with Crippen molar-refractivity contribution in [3.8, 4) is 16.9 Å². The minimum absolute atomic E-state index is 0.103. The molecule has 6 heteroatoms. The lowest BCUT2D eigenvalue weighted by Crippen LogP contribution is -2.36. The van der Waals surface area contributed by atoms with Crippen molar-refractivity contribution in [3.63, 3.8) is 0 Å². The van der Waals surface area contributed by atoms with Crippen LogP contribution in [0.25, 0.3) is 11.1 Å². The van der Waals surface area contributed by atoms with Gasteiger partial charge in [-0.15, -0.1) is 0 Å². The third-order valence-electron chi connectivity index (χ3n) is 5.18. The van der Waals surface area contributed by atoms with Gasteiger partial charge >= 0.3 is 0 Å². The van der Waals surface area contributed by atoms with Gasteiger partial charge in [0.2, 0.25) is 0 Å². The highest BCUT2D eigenvalue weighted by Gasteiger charge is 2.13. The number of pyridine rings is 1. The van der Waals surface area contributed by atoms with Crippen LogP contribution in [0.15, 0.2) is 66.9 Å². The van der Waals surface area contributed by atoms with Crippen LogP contribution >= 0.6 is 0 Å². The molecule has 1 aliphatic heterocycles. The lowest BCUT2D eigenvalue weighted by molar-refractivity contribution is 0.0954. The first-order chi connectivity index (χ1) is 14.7. The van der Waals surface area contributed by atoms with E-state index in [-0.39, 0.29) is 11.7 Å². The number of rotatable bonds is 6. The molecule has 1 aliphatic rings. The molecular weight excluding hydrogens is 378 g/mol. The number of anilines is 1. The Morgan fingerprint density at radius 1 is 1.03 bits per heavy atom. The fourth-order valence-electron chi connectivity index (χ4n) is 3.46. The van der Waals surface area contributed by atoms with Gasteiger partial charge in [0.1, 0.15) is 11.6 Å². The van der Waals surface area contributed by atoms with E-state index < -0.39 is 0 Å². The zero-order valence-corrected chi connectivity index (χ0v) is 16.8. The molecule has 1 fully saturated rings. The van der Waals surface area contributed by atoms with Crippen LogP contribution in [-0.2, 0) is 11.2 Å². The minimum atomic E-state index is -0.103. The molecule has 0 spiro atoms. The number of aromatic nitrogens is 1. The third-order valence-corrected chi connectivity index (χ3v) is 5.18. The minimum Gasteiger partial charge on any atom is -0.508 e. The van der Waals surface area contributed by atoms with Crippen LogP contribution in [0.2, 0.25) is 0 Å². The Hall–Kier alpha value is -3.38. The number of amides is 1. The summed E-state index contributed by atoms with van der Waals surface area (Å²) < 4.78 is 5.39. The van der Waals surface area contributed by atoms with Crippen molar-refractivity contribution in [3.05, 3.63) is 78.0 Å². The summed E-state index contributed by atoms with van der Waals surface area (Å²) in [5.74, 6) is 1.09. The van der Waals surface area contributed by atoms with Crippen LogP contribution in [0.5, 0.6) is 5.75 Å². The van der Waals surface area contributed by atoms with Crippen LogP contribution < -0.4 is 10.2 Å². The average molecular weight is 403 g/mol. The Morgan fingerprint density at radius 2 is 1.83 bits per heavy atom. The Bertz CT molecular complexity index is 981. The zero-order valence-electron chi connectivity index (χ0n) is 16.8. The highest BCUT2D eigenvalue weighted by molar-refractivity contribution is 5.95. The molecule has 2 N–H and O–H groups in total. The van der Waals surface area contributed by atoms with E-state index >= 15 is 0 Å². The lowest BCUT2D eigenvalue weighted by Gasteiger charge is -2.27. The van der Waals surface area contributed by atoms with Gasteiger partial charge in [-0.25, -0.2) is 4.98 Å². The maximum atomic E-state index is 12.5. The summed E-state index contributed by atoms with van der Waals surface area (Å²) in [6.45, 7) is 3.70. The van der Waals surface area contributed by atoms with Crippen molar-refractivity contribution in [1.82, 2.24) is 10.3 Å². The molecule has 2 heterocycles. The number of hydrogen-bond donors (Lipinski definition) is 2. The van der Waals surface area contributed by atoms with Crippen LogP contribution in [0.3, 0.4) is 0 Å². The van der Waals surface area contributed by atoms with Gasteiger partial charge in [0.25, 0.3) is 5.91 Å². The normalized spacial score (nSPS) is 13.8. The van der Waals surface area contributed by atoms with Gasteiger partial charge in [0.05, 0.1) is 13.2 Å². The fraction of sp³-hybridized carbons (Fsp3) is 0.250. The first kappa shape index (κ1) is 19.9. The molecule has 0 bridgehead atoms. The zero-order chi connectivity index (χ0) is 20.8. The molecule has 0 aliphatic carbocycles. The molecular formula is C24H25N3O3. The van der Waals surface area contributed by atoms with Gasteiger partial charge < -0.3 is 20.1 Å². The number of nitrogens with one attached hydrogen (secondary N) is 1. The Balaban J connectivity index is 1.38. The molecule has 4 rings (SSSR count). The number of nitrogens with zero attached hydrogens (tertiary/aromatic N) is 2. The molecule has 6 nitrogen and oxygen atoms in total. The molecule has 3 aromatic rings. The van der Waals surface area contributed by atoms with E-state index in [1.165, 1.54) is 0 Å². The maximum Gasteiger partial charge on any atom is 0.251 e. The SMILES string of the molecule is O=C(NCCc1ccc(O)cc1)c1cccc(-c2ccc(N3CCOCC3)nc2)c1. The number of ether oxygens (including phenoxy) is 1. The van der Waals surface area contributed by atoms with E-state index in [1.54, 1.807) is 12.1 Å². The standard InChI is InChI=1S/C24H25N3O3/c28-22-7-4-18(5-8-22)10-11-25-24(29)20-3-1-2-19(16-20)21-6-9-23(26-17-21)27-12-14-30-15-13-27/h1-9,16-17,28H,10-15H2,(H,25,29). The Morgan fingerprint density at radius 3 is 2.57 bits per heavy atom. The number of carbonyl (C=O) groups is 1. The lowest BCUT2D eigenvalue weighted by atomic mass is 10.0. The van der Waals surface area contributed by atoms with Crippen LogP contribution in [0.4, 0.5) is 5.82 Å². The second-order valence-corrected chi connectivity index (χ2v) is 7.26. The summed E-state index contributed by atoms with van der Waals surface area (Å²) in [6, 6.07) is 18.7.